The smallest absolute Gasteiger partial charge is 0.322 e. The number of imide groups is 1. The Balaban J connectivity index is 1.56. The topological polar surface area (TPSA) is 97.0 Å². The van der Waals surface area contributed by atoms with Crippen LogP contribution in [-0.4, -0.2) is 55.6 Å². The first kappa shape index (κ1) is 20.0. The first-order valence-corrected chi connectivity index (χ1v) is 9.49. The third-order valence-corrected chi connectivity index (χ3v) is 5.68. The normalized spacial score (nSPS) is 22.6. The number of methoxy groups -OCH3 is 2. The lowest BCUT2D eigenvalue weighted by Crippen LogP contribution is -2.45. The third-order valence-electron chi connectivity index (χ3n) is 5.68. The standard InChI is InChI=1S/C20H27N3O5/c1-20(18(25)21-19(26)22-20)9-6-17(24)23-10-7-13(8-11-23)15-12-14(27-2)4-5-16(15)28-3/h4-5,12-13H,6-11H2,1-3H3,(H2,21,22,25,26). The van der Waals surface area contributed by atoms with E-state index in [9.17, 15) is 14.4 Å². The van der Waals surface area contributed by atoms with Crippen LogP contribution in [-0.2, 0) is 9.59 Å². The van der Waals surface area contributed by atoms with Crippen LogP contribution in [0.1, 0.15) is 44.1 Å². The minimum absolute atomic E-state index is 0.00577. The van der Waals surface area contributed by atoms with Crippen molar-refractivity contribution in [1.29, 1.82) is 0 Å². The van der Waals surface area contributed by atoms with E-state index >= 15 is 0 Å². The average molecular weight is 389 g/mol. The molecular weight excluding hydrogens is 362 g/mol. The van der Waals surface area contributed by atoms with Gasteiger partial charge in [0.15, 0.2) is 0 Å². The Morgan fingerprint density at radius 2 is 1.93 bits per heavy atom. The molecule has 2 fully saturated rings. The number of piperidine rings is 1. The highest BCUT2D eigenvalue weighted by Crippen LogP contribution is 2.36. The molecule has 28 heavy (non-hydrogen) atoms. The summed E-state index contributed by atoms with van der Waals surface area (Å²) in [6, 6.07) is 5.28. The van der Waals surface area contributed by atoms with Crippen molar-refractivity contribution >= 4 is 17.8 Å². The number of carbonyl (C=O) groups excluding carboxylic acids is 3. The second kappa shape index (κ2) is 8.08. The van der Waals surface area contributed by atoms with Crippen LogP contribution >= 0.6 is 0 Å². The zero-order valence-electron chi connectivity index (χ0n) is 16.5. The van der Waals surface area contributed by atoms with Crippen molar-refractivity contribution in [2.45, 2.75) is 44.1 Å². The molecule has 8 nitrogen and oxygen atoms in total. The van der Waals surface area contributed by atoms with Crippen LogP contribution in [0.15, 0.2) is 18.2 Å². The lowest BCUT2D eigenvalue weighted by Gasteiger charge is -2.33. The number of hydrogen-bond donors (Lipinski definition) is 2. The molecule has 0 bridgehead atoms. The number of rotatable bonds is 6. The summed E-state index contributed by atoms with van der Waals surface area (Å²) in [6.45, 7) is 2.94. The van der Waals surface area contributed by atoms with Gasteiger partial charge < -0.3 is 19.7 Å². The molecule has 8 heteroatoms. The maximum absolute atomic E-state index is 12.6. The van der Waals surface area contributed by atoms with Crippen LogP contribution in [0.25, 0.3) is 0 Å². The number of benzene rings is 1. The molecule has 2 N–H and O–H groups in total. The Morgan fingerprint density at radius 1 is 1.21 bits per heavy atom. The molecule has 3 rings (SSSR count). The molecule has 1 aromatic rings. The Bertz CT molecular complexity index is 773. The van der Waals surface area contributed by atoms with E-state index in [1.807, 2.05) is 23.1 Å². The number of likely N-dealkylation sites (tertiary alicyclic amines) is 1. The molecule has 1 atom stereocenters. The lowest BCUT2D eigenvalue weighted by molar-refractivity contribution is -0.133. The first-order chi connectivity index (χ1) is 13.4. The maximum atomic E-state index is 12.6. The van der Waals surface area contributed by atoms with E-state index in [1.54, 1.807) is 21.1 Å². The molecular formula is C20H27N3O5. The zero-order chi connectivity index (χ0) is 20.3. The molecule has 2 saturated heterocycles. The predicted octanol–water partition coefficient (Wildman–Crippen LogP) is 1.79. The fourth-order valence-electron chi connectivity index (χ4n) is 3.87. The fraction of sp³-hybridized carbons (Fsp3) is 0.550. The number of carbonyl (C=O) groups is 3. The highest BCUT2D eigenvalue weighted by atomic mass is 16.5. The van der Waals surface area contributed by atoms with Crippen molar-refractivity contribution in [2.24, 2.45) is 0 Å². The van der Waals surface area contributed by atoms with Gasteiger partial charge in [0, 0.05) is 25.1 Å². The number of nitrogens with zero attached hydrogens (tertiary/aromatic N) is 1. The molecule has 0 spiro atoms. The number of hydrogen-bond acceptors (Lipinski definition) is 5. The van der Waals surface area contributed by atoms with E-state index in [0.717, 1.165) is 29.9 Å². The van der Waals surface area contributed by atoms with Crippen LogP contribution in [0.3, 0.4) is 0 Å². The SMILES string of the molecule is COc1ccc(OC)c(C2CCN(C(=O)CCC3(C)NC(=O)NC3=O)CC2)c1. The average Bonchev–Trinajstić information content (AvgIpc) is 2.97. The number of amides is 4. The number of nitrogens with one attached hydrogen (secondary N) is 2. The molecule has 4 amide bonds. The van der Waals surface area contributed by atoms with Crippen molar-refractivity contribution < 1.29 is 23.9 Å². The number of ether oxygens (including phenoxy) is 2. The quantitative estimate of drug-likeness (QED) is 0.723. The zero-order valence-corrected chi connectivity index (χ0v) is 16.5. The van der Waals surface area contributed by atoms with Crippen LogP contribution in [0.5, 0.6) is 11.5 Å². The van der Waals surface area contributed by atoms with E-state index in [1.165, 1.54) is 0 Å². The molecule has 2 aliphatic rings. The molecule has 2 heterocycles. The van der Waals surface area contributed by atoms with Gasteiger partial charge >= 0.3 is 6.03 Å². The summed E-state index contributed by atoms with van der Waals surface area (Å²) in [4.78, 5) is 37.6. The third kappa shape index (κ3) is 4.05. The molecule has 0 radical (unpaired) electrons. The van der Waals surface area contributed by atoms with Gasteiger partial charge in [-0.25, -0.2) is 4.79 Å². The summed E-state index contributed by atoms with van der Waals surface area (Å²) in [5.74, 6) is 1.55. The Hall–Kier alpha value is -2.77. The molecule has 0 aliphatic carbocycles. The first-order valence-electron chi connectivity index (χ1n) is 9.49. The molecule has 152 valence electrons. The van der Waals surface area contributed by atoms with Gasteiger partial charge in [0.25, 0.3) is 5.91 Å². The molecule has 1 aromatic carbocycles. The van der Waals surface area contributed by atoms with Gasteiger partial charge in [0.05, 0.1) is 14.2 Å². The van der Waals surface area contributed by atoms with Crippen LogP contribution in [0, 0.1) is 0 Å². The monoisotopic (exact) mass is 389 g/mol. The number of urea groups is 1. The summed E-state index contributed by atoms with van der Waals surface area (Å²) in [5.41, 5.74) is 0.0887. The van der Waals surface area contributed by atoms with Crippen LogP contribution in [0.2, 0.25) is 0 Å². The molecule has 0 saturated carbocycles. The van der Waals surface area contributed by atoms with E-state index in [0.29, 0.717) is 19.0 Å². The van der Waals surface area contributed by atoms with Crippen molar-refractivity contribution in [1.82, 2.24) is 15.5 Å². The Kier molecular flexibility index (Phi) is 5.76. The van der Waals surface area contributed by atoms with Crippen LogP contribution < -0.4 is 20.1 Å². The van der Waals surface area contributed by atoms with E-state index in [2.05, 4.69) is 10.6 Å². The highest BCUT2D eigenvalue weighted by Gasteiger charge is 2.42. The maximum Gasteiger partial charge on any atom is 0.322 e. The molecule has 2 aliphatic heterocycles. The summed E-state index contributed by atoms with van der Waals surface area (Å²) in [5, 5.41) is 4.81. The second-order valence-corrected chi connectivity index (χ2v) is 7.50. The van der Waals surface area contributed by atoms with Crippen molar-refractivity contribution in [3.63, 3.8) is 0 Å². The van der Waals surface area contributed by atoms with Crippen molar-refractivity contribution in [2.75, 3.05) is 27.3 Å². The van der Waals surface area contributed by atoms with Gasteiger partial charge in [-0.15, -0.1) is 0 Å². The van der Waals surface area contributed by atoms with Gasteiger partial charge in [0.1, 0.15) is 17.0 Å². The second-order valence-electron chi connectivity index (χ2n) is 7.50. The fourth-order valence-corrected chi connectivity index (χ4v) is 3.87. The van der Waals surface area contributed by atoms with Crippen molar-refractivity contribution in [3.8, 4) is 11.5 Å². The largest absolute Gasteiger partial charge is 0.497 e. The predicted molar refractivity (Wildman–Crippen MR) is 102 cm³/mol. The minimum atomic E-state index is -1.01. The minimum Gasteiger partial charge on any atom is -0.497 e. The van der Waals surface area contributed by atoms with Gasteiger partial charge in [0.2, 0.25) is 5.91 Å². The van der Waals surface area contributed by atoms with Crippen molar-refractivity contribution in [3.05, 3.63) is 23.8 Å². The molecule has 0 aromatic heterocycles. The van der Waals surface area contributed by atoms with E-state index in [4.69, 9.17) is 9.47 Å². The molecule has 1 unspecified atom stereocenters. The summed E-state index contributed by atoms with van der Waals surface area (Å²) < 4.78 is 10.8. The Labute approximate surface area is 164 Å². The van der Waals surface area contributed by atoms with E-state index < -0.39 is 11.6 Å². The summed E-state index contributed by atoms with van der Waals surface area (Å²) in [7, 11) is 3.29. The lowest BCUT2D eigenvalue weighted by atomic mass is 9.88. The highest BCUT2D eigenvalue weighted by molar-refractivity contribution is 6.06. The van der Waals surface area contributed by atoms with Gasteiger partial charge in [-0.1, -0.05) is 0 Å². The van der Waals surface area contributed by atoms with Crippen LogP contribution in [0.4, 0.5) is 4.79 Å². The summed E-state index contributed by atoms with van der Waals surface area (Å²) >= 11 is 0. The van der Waals surface area contributed by atoms with Gasteiger partial charge in [-0.05, 0) is 50.3 Å². The van der Waals surface area contributed by atoms with E-state index in [-0.39, 0.29) is 24.7 Å². The Morgan fingerprint density at radius 3 is 2.50 bits per heavy atom. The summed E-state index contributed by atoms with van der Waals surface area (Å²) in [6.07, 6.45) is 2.18. The van der Waals surface area contributed by atoms with Gasteiger partial charge in [-0.3, -0.25) is 14.9 Å². The van der Waals surface area contributed by atoms with Gasteiger partial charge in [-0.2, -0.15) is 0 Å².